The van der Waals surface area contributed by atoms with Crippen molar-refractivity contribution >= 4 is 17.0 Å². The molecular formula is C14H19N3. The van der Waals surface area contributed by atoms with E-state index in [0.29, 0.717) is 11.4 Å². The Kier molecular flexibility index (Phi) is 2.03. The molecule has 17 heavy (non-hydrogen) atoms. The third kappa shape index (κ3) is 1.70. The van der Waals surface area contributed by atoms with E-state index in [9.17, 15) is 0 Å². The number of nitrogens with two attached hydrogens (primary N) is 1. The Morgan fingerprint density at radius 1 is 1.47 bits per heavy atom. The smallest absolute Gasteiger partial charge is 0.201 e. The second-order valence-corrected chi connectivity index (χ2v) is 5.96. The molecule has 0 spiro atoms. The van der Waals surface area contributed by atoms with E-state index >= 15 is 0 Å². The highest BCUT2D eigenvalue weighted by Crippen LogP contribution is 2.52. The predicted molar refractivity (Wildman–Crippen MR) is 70.8 cm³/mol. The molecular weight excluding hydrogens is 210 g/mol. The first-order valence-corrected chi connectivity index (χ1v) is 6.20. The van der Waals surface area contributed by atoms with Crippen molar-refractivity contribution in [1.82, 2.24) is 9.55 Å². The molecule has 0 amide bonds. The molecule has 1 aliphatic carbocycles. The van der Waals surface area contributed by atoms with Crippen molar-refractivity contribution in [3.05, 3.63) is 23.8 Å². The van der Waals surface area contributed by atoms with Crippen LogP contribution in [0.1, 0.15) is 25.8 Å². The van der Waals surface area contributed by atoms with Gasteiger partial charge >= 0.3 is 0 Å². The molecule has 0 radical (unpaired) electrons. The Morgan fingerprint density at radius 2 is 2.18 bits per heavy atom. The SMILES string of the molecule is Cc1ccc2c(c1)nc(N)n2CC1CC1(C)C. The summed E-state index contributed by atoms with van der Waals surface area (Å²) in [6.45, 7) is 7.71. The van der Waals surface area contributed by atoms with Gasteiger partial charge in [0.1, 0.15) is 0 Å². The summed E-state index contributed by atoms with van der Waals surface area (Å²) in [6, 6.07) is 6.35. The molecule has 1 saturated carbocycles. The Morgan fingerprint density at radius 3 is 2.82 bits per heavy atom. The van der Waals surface area contributed by atoms with E-state index in [4.69, 9.17) is 5.73 Å². The molecule has 1 fully saturated rings. The number of hydrogen-bond acceptors (Lipinski definition) is 2. The normalized spacial score (nSPS) is 21.9. The van der Waals surface area contributed by atoms with Crippen LogP contribution in [0.15, 0.2) is 18.2 Å². The first-order chi connectivity index (χ1) is 7.97. The number of nitrogens with zero attached hydrogens (tertiary/aromatic N) is 2. The number of hydrogen-bond donors (Lipinski definition) is 1. The summed E-state index contributed by atoms with van der Waals surface area (Å²) in [6.07, 6.45) is 1.29. The Balaban J connectivity index is 2.01. The standard InChI is InChI=1S/C14H19N3/c1-9-4-5-12-11(6-9)16-13(15)17(12)8-10-7-14(10,2)3/h4-6,10H,7-8H2,1-3H3,(H2,15,16). The van der Waals surface area contributed by atoms with Crippen molar-refractivity contribution in [1.29, 1.82) is 0 Å². The maximum atomic E-state index is 6.02. The largest absolute Gasteiger partial charge is 0.369 e. The minimum Gasteiger partial charge on any atom is -0.369 e. The molecule has 2 N–H and O–H groups in total. The van der Waals surface area contributed by atoms with Crippen molar-refractivity contribution < 1.29 is 0 Å². The van der Waals surface area contributed by atoms with Gasteiger partial charge in [-0.3, -0.25) is 0 Å². The molecule has 1 atom stereocenters. The first kappa shape index (κ1) is 10.6. The second kappa shape index (κ2) is 3.25. The zero-order valence-electron chi connectivity index (χ0n) is 10.7. The maximum Gasteiger partial charge on any atom is 0.201 e. The number of benzene rings is 1. The number of rotatable bonds is 2. The molecule has 0 bridgehead atoms. The van der Waals surface area contributed by atoms with Gasteiger partial charge in [0.15, 0.2) is 0 Å². The van der Waals surface area contributed by atoms with Crippen LogP contribution in [0.4, 0.5) is 5.95 Å². The van der Waals surface area contributed by atoms with Gasteiger partial charge in [-0.1, -0.05) is 19.9 Å². The van der Waals surface area contributed by atoms with E-state index in [2.05, 4.69) is 48.5 Å². The first-order valence-electron chi connectivity index (χ1n) is 6.20. The molecule has 1 aromatic carbocycles. The summed E-state index contributed by atoms with van der Waals surface area (Å²) < 4.78 is 2.16. The molecule has 3 nitrogen and oxygen atoms in total. The fraction of sp³-hybridized carbons (Fsp3) is 0.500. The van der Waals surface area contributed by atoms with Crippen molar-refractivity contribution in [3.8, 4) is 0 Å². The van der Waals surface area contributed by atoms with Gasteiger partial charge in [-0.25, -0.2) is 4.98 Å². The number of anilines is 1. The van der Waals surface area contributed by atoms with Gasteiger partial charge in [-0.2, -0.15) is 0 Å². The van der Waals surface area contributed by atoms with Crippen LogP contribution in [-0.4, -0.2) is 9.55 Å². The fourth-order valence-electron chi connectivity index (χ4n) is 2.56. The molecule has 0 aliphatic heterocycles. The van der Waals surface area contributed by atoms with Crippen LogP contribution in [0.2, 0.25) is 0 Å². The molecule has 0 saturated heterocycles. The molecule has 1 heterocycles. The summed E-state index contributed by atoms with van der Waals surface area (Å²) in [5.41, 5.74) is 9.91. The predicted octanol–water partition coefficient (Wildman–Crippen LogP) is 2.97. The fourth-order valence-corrected chi connectivity index (χ4v) is 2.56. The van der Waals surface area contributed by atoms with Gasteiger partial charge in [0.2, 0.25) is 5.95 Å². The highest BCUT2D eigenvalue weighted by atomic mass is 15.2. The Labute approximate surface area is 102 Å². The van der Waals surface area contributed by atoms with Crippen molar-refractivity contribution in [3.63, 3.8) is 0 Å². The Bertz CT molecular complexity index is 580. The summed E-state index contributed by atoms with van der Waals surface area (Å²) in [5, 5.41) is 0. The van der Waals surface area contributed by atoms with Gasteiger partial charge in [0.05, 0.1) is 11.0 Å². The van der Waals surface area contributed by atoms with Crippen LogP contribution in [-0.2, 0) is 6.54 Å². The van der Waals surface area contributed by atoms with E-state index in [-0.39, 0.29) is 0 Å². The summed E-state index contributed by atoms with van der Waals surface area (Å²) in [7, 11) is 0. The molecule has 1 aromatic heterocycles. The third-order valence-electron chi connectivity index (χ3n) is 4.05. The van der Waals surface area contributed by atoms with Gasteiger partial charge in [0.25, 0.3) is 0 Å². The lowest BCUT2D eigenvalue weighted by atomic mass is 10.1. The number of aryl methyl sites for hydroxylation is 1. The molecule has 3 rings (SSSR count). The highest BCUT2D eigenvalue weighted by Gasteiger charge is 2.45. The van der Waals surface area contributed by atoms with Crippen LogP contribution in [0, 0.1) is 18.3 Å². The summed E-state index contributed by atoms with van der Waals surface area (Å²) in [5.74, 6) is 1.39. The zero-order chi connectivity index (χ0) is 12.2. The van der Waals surface area contributed by atoms with Crippen molar-refractivity contribution in [2.45, 2.75) is 33.7 Å². The van der Waals surface area contributed by atoms with E-state index in [1.54, 1.807) is 0 Å². The number of fused-ring (bicyclic) bond motifs is 1. The van der Waals surface area contributed by atoms with E-state index in [1.165, 1.54) is 12.0 Å². The second-order valence-electron chi connectivity index (χ2n) is 5.96. The van der Waals surface area contributed by atoms with Crippen LogP contribution in [0.25, 0.3) is 11.0 Å². The number of nitrogen functional groups attached to an aromatic ring is 1. The van der Waals surface area contributed by atoms with Crippen LogP contribution in [0.5, 0.6) is 0 Å². The van der Waals surface area contributed by atoms with Gasteiger partial charge in [0, 0.05) is 6.54 Å². The van der Waals surface area contributed by atoms with Crippen LogP contribution < -0.4 is 5.73 Å². The van der Waals surface area contributed by atoms with Gasteiger partial charge in [-0.05, 0) is 42.4 Å². The lowest BCUT2D eigenvalue weighted by molar-refractivity contribution is 0.507. The average Bonchev–Trinajstić information content (AvgIpc) is 2.71. The van der Waals surface area contributed by atoms with Crippen molar-refractivity contribution in [2.75, 3.05) is 5.73 Å². The molecule has 3 heteroatoms. The molecule has 1 unspecified atom stereocenters. The minimum absolute atomic E-state index is 0.480. The van der Waals surface area contributed by atoms with Crippen LogP contribution >= 0.6 is 0 Å². The quantitative estimate of drug-likeness (QED) is 0.860. The zero-order valence-corrected chi connectivity index (χ0v) is 10.7. The lowest BCUT2D eigenvalue weighted by Crippen LogP contribution is -2.07. The third-order valence-corrected chi connectivity index (χ3v) is 4.05. The summed E-state index contributed by atoms with van der Waals surface area (Å²) >= 11 is 0. The summed E-state index contributed by atoms with van der Waals surface area (Å²) in [4.78, 5) is 4.44. The van der Waals surface area contributed by atoms with E-state index in [1.807, 2.05) is 0 Å². The molecule has 1 aliphatic rings. The van der Waals surface area contributed by atoms with E-state index < -0.39 is 0 Å². The lowest BCUT2D eigenvalue weighted by Gasteiger charge is -2.07. The molecule has 2 aromatic rings. The maximum absolute atomic E-state index is 6.02. The van der Waals surface area contributed by atoms with E-state index in [0.717, 1.165) is 23.5 Å². The highest BCUT2D eigenvalue weighted by molar-refractivity contribution is 5.79. The number of imidazole rings is 1. The van der Waals surface area contributed by atoms with Gasteiger partial charge in [-0.15, -0.1) is 0 Å². The topological polar surface area (TPSA) is 43.8 Å². The van der Waals surface area contributed by atoms with Crippen molar-refractivity contribution in [2.24, 2.45) is 11.3 Å². The monoisotopic (exact) mass is 229 g/mol. The van der Waals surface area contributed by atoms with Crippen LogP contribution in [0.3, 0.4) is 0 Å². The van der Waals surface area contributed by atoms with Gasteiger partial charge < -0.3 is 10.3 Å². The average molecular weight is 229 g/mol. The number of aromatic nitrogens is 2. The Hall–Kier alpha value is -1.51. The minimum atomic E-state index is 0.480. The molecule has 90 valence electrons.